The Kier molecular flexibility index (Phi) is 6.80. The smallest absolute Gasteiger partial charge is 0.410 e. The lowest BCUT2D eigenvalue weighted by Gasteiger charge is -2.36. The number of guanidine groups is 1. The normalized spacial score (nSPS) is 16.1. The number of carbonyl (C=O) groups excluding carboxylic acids is 1. The molecule has 1 aromatic carbocycles. The van der Waals surface area contributed by atoms with Crippen LogP contribution in [0.15, 0.2) is 29.3 Å². The van der Waals surface area contributed by atoms with Crippen LogP contribution in [-0.2, 0) is 10.2 Å². The van der Waals surface area contributed by atoms with Gasteiger partial charge in [0.15, 0.2) is 5.96 Å². The van der Waals surface area contributed by atoms with Crippen LogP contribution in [0.25, 0.3) is 0 Å². The third-order valence-corrected chi connectivity index (χ3v) is 4.76. The molecule has 0 aromatic heterocycles. The summed E-state index contributed by atoms with van der Waals surface area (Å²) in [5, 5.41) is 0. The van der Waals surface area contributed by atoms with Crippen LogP contribution in [0.1, 0.15) is 40.2 Å². The van der Waals surface area contributed by atoms with Crippen molar-refractivity contribution in [2.45, 2.75) is 45.6 Å². The molecule has 0 radical (unpaired) electrons. The van der Waals surface area contributed by atoms with Gasteiger partial charge in [-0.05, 0) is 38.5 Å². The van der Waals surface area contributed by atoms with E-state index in [1.165, 1.54) is 5.56 Å². The molecule has 0 unspecified atom stereocenters. The summed E-state index contributed by atoms with van der Waals surface area (Å²) < 4.78 is 10.6. The maximum Gasteiger partial charge on any atom is 0.410 e. The highest BCUT2D eigenvalue weighted by Crippen LogP contribution is 2.25. The van der Waals surface area contributed by atoms with Crippen LogP contribution in [0.2, 0.25) is 0 Å². The van der Waals surface area contributed by atoms with E-state index >= 15 is 0 Å². The Morgan fingerprint density at radius 1 is 1.04 bits per heavy atom. The number of hydrogen-bond acceptors (Lipinski definition) is 4. The maximum atomic E-state index is 12.2. The van der Waals surface area contributed by atoms with E-state index in [9.17, 15) is 4.79 Å². The zero-order valence-electron chi connectivity index (χ0n) is 18.0. The zero-order chi connectivity index (χ0) is 20.9. The molecule has 1 aromatic rings. The summed E-state index contributed by atoms with van der Waals surface area (Å²) in [6, 6.07) is 8.04. The number of ether oxygens (including phenoxy) is 2. The van der Waals surface area contributed by atoms with Gasteiger partial charge in [-0.1, -0.05) is 26.0 Å². The molecule has 1 aliphatic heterocycles. The second kappa shape index (κ2) is 8.71. The highest BCUT2D eigenvalue weighted by atomic mass is 16.6. The Labute approximate surface area is 168 Å². The van der Waals surface area contributed by atoms with Gasteiger partial charge in [0.2, 0.25) is 0 Å². The summed E-state index contributed by atoms with van der Waals surface area (Å²) in [6.07, 6.45) is -0.275. The molecule has 0 saturated carbocycles. The SMILES string of the molecule is COc1ccc(C(C)(C)CN=C(N)N2CCN(C(=O)OC(C)(C)C)CC2)cc1. The fraction of sp³-hybridized carbons (Fsp3) is 0.619. The molecular weight excluding hydrogens is 356 g/mol. The van der Waals surface area contributed by atoms with Crippen LogP contribution in [0, 0.1) is 0 Å². The summed E-state index contributed by atoms with van der Waals surface area (Å²) >= 11 is 0. The third-order valence-electron chi connectivity index (χ3n) is 4.76. The highest BCUT2D eigenvalue weighted by Gasteiger charge is 2.27. The van der Waals surface area contributed by atoms with Crippen molar-refractivity contribution in [1.82, 2.24) is 9.80 Å². The minimum absolute atomic E-state index is 0.144. The summed E-state index contributed by atoms with van der Waals surface area (Å²) in [7, 11) is 1.66. The lowest BCUT2D eigenvalue weighted by atomic mass is 9.85. The van der Waals surface area contributed by atoms with Crippen molar-refractivity contribution in [2.75, 3.05) is 39.8 Å². The first kappa shape index (κ1) is 21.9. The summed E-state index contributed by atoms with van der Waals surface area (Å²) in [5.41, 5.74) is 6.78. The van der Waals surface area contributed by atoms with E-state index in [-0.39, 0.29) is 11.5 Å². The van der Waals surface area contributed by atoms with Crippen molar-refractivity contribution in [1.29, 1.82) is 0 Å². The molecule has 2 N–H and O–H groups in total. The molecule has 1 amide bonds. The molecule has 0 atom stereocenters. The minimum Gasteiger partial charge on any atom is -0.497 e. The standard InChI is InChI=1S/C21H34N4O3/c1-20(2,3)28-19(26)25-13-11-24(12-14-25)18(22)23-15-21(4,5)16-7-9-17(27-6)10-8-16/h7-10H,11-15H2,1-6H3,(H2,22,23). The number of hydrogen-bond donors (Lipinski definition) is 1. The van der Waals surface area contributed by atoms with Gasteiger partial charge in [0.1, 0.15) is 11.4 Å². The lowest BCUT2D eigenvalue weighted by Crippen LogP contribution is -2.53. The van der Waals surface area contributed by atoms with Gasteiger partial charge in [-0.2, -0.15) is 0 Å². The van der Waals surface area contributed by atoms with Gasteiger partial charge < -0.3 is 25.0 Å². The van der Waals surface area contributed by atoms with Crippen LogP contribution < -0.4 is 10.5 Å². The average Bonchev–Trinajstić information content (AvgIpc) is 2.65. The Morgan fingerprint density at radius 2 is 1.57 bits per heavy atom. The van der Waals surface area contributed by atoms with Crippen molar-refractivity contribution in [3.8, 4) is 5.75 Å². The zero-order valence-corrected chi connectivity index (χ0v) is 18.0. The van der Waals surface area contributed by atoms with Crippen molar-refractivity contribution in [3.63, 3.8) is 0 Å². The van der Waals surface area contributed by atoms with Crippen LogP contribution >= 0.6 is 0 Å². The molecule has 2 rings (SSSR count). The molecular formula is C21H34N4O3. The largest absolute Gasteiger partial charge is 0.497 e. The Bertz CT molecular complexity index is 685. The number of amides is 1. The average molecular weight is 391 g/mol. The first-order chi connectivity index (χ1) is 13.0. The van der Waals surface area contributed by atoms with E-state index in [0.717, 1.165) is 5.75 Å². The van der Waals surface area contributed by atoms with E-state index in [4.69, 9.17) is 15.2 Å². The van der Waals surface area contributed by atoms with Crippen molar-refractivity contribution in [3.05, 3.63) is 29.8 Å². The molecule has 1 heterocycles. The number of piperazine rings is 1. The van der Waals surface area contributed by atoms with Gasteiger partial charge in [0, 0.05) is 31.6 Å². The first-order valence-electron chi connectivity index (χ1n) is 9.69. The lowest BCUT2D eigenvalue weighted by molar-refractivity contribution is 0.0186. The monoisotopic (exact) mass is 390 g/mol. The second-order valence-corrected chi connectivity index (χ2v) is 8.74. The van der Waals surface area contributed by atoms with Gasteiger partial charge in [-0.15, -0.1) is 0 Å². The van der Waals surface area contributed by atoms with Crippen LogP contribution in [0.4, 0.5) is 4.79 Å². The Morgan fingerprint density at radius 3 is 2.07 bits per heavy atom. The second-order valence-electron chi connectivity index (χ2n) is 8.74. The fourth-order valence-corrected chi connectivity index (χ4v) is 2.96. The summed E-state index contributed by atoms with van der Waals surface area (Å²) in [6.45, 7) is 12.9. The van der Waals surface area contributed by atoms with E-state index in [1.807, 2.05) is 37.8 Å². The summed E-state index contributed by atoms with van der Waals surface area (Å²) in [4.78, 5) is 20.5. The van der Waals surface area contributed by atoms with E-state index in [0.29, 0.717) is 38.7 Å². The number of aliphatic imine (C=N–C) groups is 1. The predicted octanol–water partition coefficient (Wildman–Crippen LogP) is 2.84. The molecule has 1 saturated heterocycles. The molecule has 1 aliphatic rings. The summed E-state index contributed by atoms with van der Waals surface area (Å²) in [5.74, 6) is 1.36. The first-order valence-corrected chi connectivity index (χ1v) is 9.69. The molecule has 28 heavy (non-hydrogen) atoms. The van der Waals surface area contributed by atoms with Crippen LogP contribution in [-0.4, -0.2) is 67.3 Å². The van der Waals surface area contributed by atoms with E-state index in [1.54, 1.807) is 12.0 Å². The minimum atomic E-state index is -0.484. The van der Waals surface area contributed by atoms with Crippen molar-refractivity contribution in [2.24, 2.45) is 10.7 Å². The molecule has 0 aliphatic carbocycles. The molecule has 156 valence electrons. The van der Waals surface area contributed by atoms with Gasteiger partial charge >= 0.3 is 6.09 Å². The van der Waals surface area contributed by atoms with Crippen LogP contribution in [0.3, 0.4) is 0 Å². The predicted molar refractivity (Wildman–Crippen MR) is 112 cm³/mol. The molecule has 7 heteroatoms. The Balaban J connectivity index is 1.90. The van der Waals surface area contributed by atoms with Gasteiger partial charge in [0.05, 0.1) is 13.7 Å². The number of carbonyl (C=O) groups is 1. The molecule has 0 bridgehead atoms. The van der Waals surface area contributed by atoms with Crippen molar-refractivity contribution >= 4 is 12.1 Å². The number of nitrogens with two attached hydrogens (primary N) is 1. The van der Waals surface area contributed by atoms with Crippen LogP contribution in [0.5, 0.6) is 5.75 Å². The van der Waals surface area contributed by atoms with Gasteiger partial charge in [-0.3, -0.25) is 4.99 Å². The molecule has 1 fully saturated rings. The highest BCUT2D eigenvalue weighted by molar-refractivity contribution is 5.78. The number of methoxy groups -OCH3 is 1. The van der Waals surface area contributed by atoms with Crippen molar-refractivity contribution < 1.29 is 14.3 Å². The Hall–Kier alpha value is -2.44. The molecule has 7 nitrogen and oxygen atoms in total. The fourth-order valence-electron chi connectivity index (χ4n) is 2.96. The van der Waals surface area contributed by atoms with Gasteiger partial charge in [-0.25, -0.2) is 4.79 Å². The third kappa shape index (κ3) is 6.04. The number of benzene rings is 1. The van der Waals surface area contributed by atoms with E-state index < -0.39 is 5.60 Å². The quantitative estimate of drug-likeness (QED) is 0.632. The van der Waals surface area contributed by atoms with Gasteiger partial charge in [0.25, 0.3) is 0 Å². The van der Waals surface area contributed by atoms with E-state index in [2.05, 4.69) is 31.0 Å². The molecule has 0 spiro atoms. The maximum absolute atomic E-state index is 12.2. The topological polar surface area (TPSA) is 80.4 Å². The number of rotatable bonds is 4. The number of nitrogens with zero attached hydrogens (tertiary/aromatic N) is 3.